The first-order chi connectivity index (χ1) is 13.3. The fourth-order valence-corrected chi connectivity index (χ4v) is 3.91. The van der Waals surface area contributed by atoms with Crippen molar-refractivity contribution in [3.05, 3.63) is 60.2 Å². The van der Waals surface area contributed by atoms with Crippen LogP contribution in [0.5, 0.6) is 0 Å². The number of hydrogen-bond donors (Lipinski definition) is 1. The molecule has 0 radical (unpaired) electrons. The number of nitrogens with zero attached hydrogens (tertiary/aromatic N) is 2. The summed E-state index contributed by atoms with van der Waals surface area (Å²) in [6, 6.07) is 10.1. The predicted molar refractivity (Wildman–Crippen MR) is 102 cm³/mol. The van der Waals surface area contributed by atoms with Crippen molar-refractivity contribution in [2.24, 2.45) is 0 Å². The fraction of sp³-hybridized carbons (Fsp3) is 0.429. The topological polar surface area (TPSA) is 67.5 Å². The molecule has 1 N–H and O–H groups in total. The van der Waals surface area contributed by atoms with Crippen molar-refractivity contribution in [3.63, 3.8) is 0 Å². The van der Waals surface area contributed by atoms with Crippen LogP contribution in [0.15, 0.2) is 48.9 Å². The number of amides is 1. The lowest BCUT2D eigenvalue weighted by atomic mass is 9.85. The van der Waals surface area contributed by atoms with Crippen molar-refractivity contribution in [1.82, 2.24) is 14.9 Å². The van der Waals surface area contributed by atoms with Crippen LogP contribution in [0.25, 0.3) is 6.08 Å². The Labute approximate surface area is 159 Å². The summed E-state index contributed by atoms with van der Waals surface area (Å²) in [6.45, 7) is 2.55. The molecule has 2 aromatic rings. The van der Waals surface area contributed by atoms with Gasteiger partial charge in [-0.2, -0.15) is 0 Å². The Kier molecular flexibility index (Phi) is 5.36. The Hall–Kier alpha value is -2.44. The smallest absolute Gasteiger partial charge is 0.246 e. The van der Waals surface area contributed by atoms with Crippen LogP contribution in [-0.2, 0) is 20.9 Å². The van der Waals surface area contributed by atoms with E-state index in [-0.39, 0.29) is 17.6 Å². The van der Waals surface area contributed by atoms with Gasteiger partial charge in [0, 0.05) is 25.8 Å². The third-order valence-electron chi connectivity index (χ3n) is 5.44. The van der Waals surface area contributed by atoms with Crippen molar-refractivity contribution in [2.45, 2.75) is 37.6 Å². The van der Waals surface area contributed by atoms with Crippen LogP contribution in [0.2, 0.25) is 0 Å². The summed E-state index contributed by atoms with van der Waals surface area (Å²) in [5.41, 5.74) is 1.69. The maximum Gasteiger partial charge on any atom is 0.246 e. The molecular formula is C21H25N3O3. The van der Waals surface area contributed by atoms with Crippen molar-refractivity contribution in [2.75, 3.05) is 19.7 Å². The number of carbonyl (C=O) groups is 1. The molecule has 2 atom stereocenters. The molecule has 2 aliphatic heterocycles. The molecule has 27 heavy (non-hydrogen) atoms. The van der Waals surface area contributed by atoms with E-state index in [4.69, 9.17) is 9.47 Å². The van der Waals surface area contributed by atoms with Gasteiger partial charge in [0.05, 0.1) is 30.4 Å². The van der Waals surface area contributed by atoms with Crippen LogP contribution in [0.3, 0.4) is 0 Å². The number of likely N-dealkylation sites (tertiary alicyclic amines) is 1. The molecule has 2 unspecified atom stereocenters. The van der Waals surface area contributed by atoms with Gasteiger partial charge >= 0.3 is 0 Å². The van der Waals surface area contributed by atoms with Crippen LogP contribution in [0.4, 0.5) is 0 Å². The van der Waals surface area contributed by atoms with Crippen LogP contribution in [-0.4, -0.2) is 52.2 Å². The van der Waals surface area contributed by atoms with Crippen molar-refractivity contribution in [3.8, 4) is 0 Å². The Morgan fingerprint density at radius 1 is 1.37 bits per heavy atom. The Morgan fingerprint density at radius 2 is 2.26 bits per heavy atom. The minimum Gasteiger partial charge on any atom is -0.372 e. The highest BCUT2D eigenvalue weighted by Gasteiger charge is 2.47. The van der Waals surface area contributed by atoms with E-state index < -0.39 is 0 Å². The highest BCUT2D eigenvalue weighted by molar-refractivity contribution is 5.91. The van der Waals surface area contributed by atoms with Gasteiger partial charge in [-0.25, -0.2) is 4.98 Å². The molecule has 2 fully saturated rings. The zero-order valence-corrected chi connectivity index (χ0v) is 15.3. The molecular weight excluding hydrogens is 342 g/mol. The lowest BCUT2D eigenvalue weighted by molar-refractivity contribution is -0.165. The van der Waals surface area contributed by atoms with Gasteiger partial charge in [-0.15, -0.1) is 0 Å². The standard InChI is InChI=1S/C21H25N3O3/c25-20(8-7-18-13-22-16-23-18)24-11-10-21(9-4-12-27-21)19(14-24)26-15-17-5-2-1-3-6-17/h1-3,5-8,13,16,19H,4,9-12,14-15H2,(H,22,23). The monoisotopic (exact) mass is 367 g/mol. The highest BCUT2D eigenvalue weighted by atomic mass is 16.6. The van der Waals surface area contributed by atoms with Gasteiger partial charge in [-0.1, -0.05) is 30.3 Å². The number of aromatic amines is 1. The van der Waals surface area contributed by atoms with Crippen LogP contribution in [0.1, 0.15) is 30.5 Å². The van der Waals surface area contributed by atoms with Crippen LogP contribution in [0, 0.1) is 0 Å². The van der Waals surface area contributed by atoms with Crippen LogP contribution >= 0.6 is 0 Å². The Balaban J connectivity index is 1.43. The minimum atomic E-state index is -0.251. The number of benzene rings is 1. The fourth-order valence-electron chi connectivity index (χ4n) is 3.91. The minimum absolute atomic E-state index is 0.00856. The summed E-state index contributed by atoms with van der Waals surface area (Å²) >= 11 is 0. The molecule has 2 saturated heterocycles. The number of imidazole rings is 1. The average molecular weight is 367 g/mol. The summed E-state index contributed by atoms with van der Waals surface area (Å²) < 4.78 is 12.4. The molecule has 1 amide bonds. The van der Waals surface area contributed by atoms with Crippen molar-refractivity contribution in [1.29, 1.82) is 0 Å². The SMILES string of the molecule is O=C(C=Cc1cnc[nH]1)N1CCC2(CCCO2)C(OCc2ccccc2)C1. The van der Waals surface area contributed by atoms with E-state index in [2.05, 4.69) is 22.1 Å². The number of piperidine rings is 1. The molecule has 3 heterocycles. The van der Waals surface area contributed by atoms with Crippen LogP contribution < -0.4 is 0 Å². The second-order valence-corrected chi connectivity index (χ2v) is 7.18. The summed E-state index contributed by atoms with van der Waals surface area (Å²) in [7, 11) is 0. The van der Waals surface area contributed by atoms with Gasteiger partial charge in [0.15, 0.2) is 0 Å². The van der Waals surface area contributed by atoms with Gasteiger partial charge in [-0.3, -0.25) is 4.79 Å². The number of hydrogen-bond acceptors (Lipinski definition) is 4. The van der Waals surface area contributed by atoms with E-state index in [9.17, 15) is 4.79 Å². The van der Waals surface area contributed by atoms with Crippen molar-refractivity contribution >= 4 is 12.0 Å². The first-order valence-electron chi connectivity index (χ1n) is 9.50. The largest absolute Gasteiger partial charge is 0.372 e. The zero-order valence-electron chi connectivity index (χ0n) is 15.3. The van der Waals surface area contributed by atoms with E-state index >= 15 is 0 Å². The van der Waals surface area contributed by atoms with E-state index in [1.54, 1.807) is 24.7 Å². The molecule has 0 saturated carbocycles. The second kappa shape index (κ2) is 8.06. The summed E-state index contributed by atoms with van der Waals surface area (Å²) in [5.74, 6) is -0.00856. The zero-order chi connectivity index (χ0) is 18.5. The molecule has 6 heteroatoms. The molecule has 1 aromatic carbocycles. The first-order valence-corrected chi connectivity index (χ1v) is 9.50. The quantitative estimate of drug-likeness (QED) is 0.825. The number of ether oxygens (including phenoxy) is 2. The summed E-state index contributed by atoms with van der Waals surface area (Å²) in [5, 5.41) is 0. The number of rotatable bonds is 5. The average Bonchev–Trinajstić information content (AvgIpc) is 3.39. The number of carbonyl (C=O) groups excluding carboxylic acids is 1. The maximum atomic E-state index is 12.6. The van der Waals surface area contributed by atoms with E-state index in [1.807, 2.05) is 23.1 Å². The molecule has 0 aliphatic carbocycles. The van der Waals surface area contributed by atoms with Gasteiger partial charge in [0.2, 0.25) is 5.91 Å². The summed E-state index contributed by atoms with van der Waals surface area (Å²) in [6.07, 6.45) is 9.39. The predicted octanol–water partition coefficient (Wildman–Crippen LogP) is 2.79. The summed E-state index contributed by atoms with van der Waals surface area (Å²) in [4.78, 5) is 21.4. The molecule has 2 aliphatic rings. The molecule has 1 spiro atoms. The molecule has 4 rings (SSSR count). The molecule has 0 bridgehead atoms. The van der Waals surface area contributed by atoms with Gasteiger partial charge in [0.25, 0.3) is 0 Å². The third-order valence-corrected chi connectivity index (χ3v) is 5.44. The number of nitrogens with one attached hydrogen (secondary N) is 1. The Morgan fingerprint density at radius 3 is 3.00 bits per heavy atom. The lowest BCUT2D eigenvalue weighted by Crippen LogP contribution is -2.57. The Bertz CT molecular complexity index is 767. The van der Waals surface area contributed by atoms with Crippen molar-refractivity contribution < 1.29 is 14.3 Å². The van der Waals surface area contributed by atoms with E-state index in [1.165, 1.54) is 0 Å². The lowest BCUT2D eigenvalue weighted by Gasteiger charge is -2.44. The molecule has 142 valence electrons. The van der Waals surface area contributed by atoms with E-state index in [0.717, 1.165) is 37.1 Å². The number of aromatic nitrogens is 2. The number of H-pyrrole nitrogens is 1. The maximum absolute atomic E-state index is 12.6. The second-order valence-electron chi connectivity index (χ2n) is 7.18. The molecule has 1 aromatic heterocycles. The normalized spacial score (nSPS) is 25.5. The molecule has 6 nitrogen and oxygen atoms in total. The van der Waals surface area contributed by atoms with Gasteiger partial charge < -0.3 is 19.4 Å². The highest BCUT2D eigenvalue weighted by Crippen LogP contribution is 2.38. The first kappa shape index (κ1) is 17.9. The van der Waals surface area contributed by atoms with Gasteiger partial charge in [-0.05, 0) is 30.9 Å². The van der Waals surface area contributed by atoms with E-state index in [0.29, 0.717) is 19.7 Å². The third kappa shape index (κ3) is 4.12. The van der Waals surface area contributed by atoms with Gasteiger partial charge in [0.1, 0.15) is 6.10 Å².